The van der Waals surface area contributed by atoms with Crippen molar-refractivity contribution in [2.75, 3.05) is 13.1 Å². The van der Waals surface area contributed by atoms with Crippen LogP contribution < -0.4 is 0 Å². The highest BCUT2D eigenvalue weighted by Gasteiger charge is 2.26. The molecule has 0 atom stereocenters. The van der Waals surface area contributed by atoms with E-state index in [1.54, 1.807) is 12.1 Å². The molecule has 0 unspecified atom stereocenters. The summed E-state index contributed by atoms with van der Waals surface area (Å²) in [4.78, 5) is 2.03. The number of β-amino-alcohol motifs (C(OH)–C–C–N with tert-alkyl or cyclic N) is 1. The maximum absolute atomic E-state index is 9.15. The number of hydrogen-bond donors (Lipinski definition) is 1. The van der Waals surface area contributed by atoms with Crippen molar-refractivity contribution in [2.45, 2.75) is 12.6 Å². The molecule has 0 amide bonds. The number of nitrogens with zero attached hydrogens (tertiary/aromatic N) is 3. The third-order valence-electron chi connectivity index (χ3n) is 2.55. The lowest BCUT2D eigenvalue weighted by atomic mass is 10.2. The highest BCUT2D eigenvalue weighted by atomic mass is 79.9. The highest BCUT2D eigenvalue weighted by Crippen LogP contribution is 2.24. The van der Waals surface area contributed by atoms with Crippen LogP contribution in [0.25, 0.3) is 11.7 Å². The lowest BCUT2D eigenvalue weighted by Crippen LogP contribution is -2.49. The van der Waals surface area contributed by atoms with Crippen LogP contribution >= 0.6 is 15.9 Å². The van der Waals surface area contributed by atoms with Crippen LogP contribution in [0.2, 0.25) is 0 Å². The fourth-order valence-electron chi connectivity index (χ4n) is 1.71. The lowest BCUT2D eigenvalue weighted by molar-refractivity contribution is -0.00714. The summed E-state index contributed by atoms with van der Waals surface area (Å²) in [5.74, 6) is 1.44. The largest absolute Gasteiger partial charge is 0.444 e. The molecule has 1 N–H and O–H groups in total. The van der Waals surface area contributed by atoms with Crippen LogP contribution in [0.15, 0.2) is 25.6 Å². The van der Waals surface area contributed by atoms with Crippen molar-refractivity contribution in [1.29, 1.82) is 0 Å². The molecule has 0 saturated carbocycles. The van der Waals surface area contributed by atoms with Crippen LogP contribution in [0.5, 0.6) is 0 Å². The maximum atomic E-state index is 9.15. The zero-order valence-electron chi connectivity index (χ0n) is 8.84. The van der Waals surface area contributed by atoms with Crippen LogP contribution in [0.4, 0.5) is 0 Å². The van der Waals surface area contributed by atoms with E-state index in [4.69, 9.17) is 13.9 Å². The quantitative estimate of drug-likeness (QED) is 0.920. The van der Waals surface area contributed by atoms with Gasteiger partial charge in [0.15, 0.2) is 10.4 Å². The number of aliphatic hydroxyl groups is 1. The third-order valence-corrected chi connectivity index (χ3v) is 2.97. The van der Waals surface area contributed by atoms with E-state index in [1.165, 1.54) is 0 Å². The molecule has 1 saturated heterocycles. The summed E-state index contributed by atoms with van der Waals surface area (Å²) in [6.45, 7) is 1.87. The zero-order valence-corrected chi connectivity index (χ0v) is 10.4. The molecule has 17 heavy (non-hydrogen) atoms. The summed E-state index contributed by atoms with van der Waals surface area (Å²) in [5, 5.41) is 17.0. The Labute approximate surface area is 105 Å². The minimum absolute atomic E-state index is 0.224. The molecule has 0 radical (unpaired) electrons. The van der Waals surface area contributed by atoms with E-state index in [0.717, 1.165) is 0 Å². The minimum Gasteiger partial charge on any atom is -0.444 e. The Morgan fingerprint density at radius 2 is 2.18 bits per heavy atom. The fraction of sp³-hybridized carbons (Fsp3) is 0.400. The van der Waals surface area contributed by atoms with Crippen molar-refractivity contribution >= 4 is 15.9 Å². The standard InChI is InChI=1S/C10H10BrN3O3/c11-8-2-1-7(16-8)10-13-12-9(17-10)5-14-3-6(15)4-14/h1-2,6,15H,3-5H2. The number of likely N-dealkylation sites (tertiary alicyclic amines) is 1. The van der Waals surface area contributed by atoms with Crippen LogP contribution in [-0.2, 0) is 6.54 Å². The first-order valence-electron chi connectivity index (χ1n) is 5.19. The second-order valence-corrected chi connectivity index (χ2v) is 4.73. The van der Waals surface area contributed by atoms with Crippen molar-refractivity contribution in [3.63, 3.8) is 0 Å². The molecule has 3 heterocycles. The van der Waals surface area contributed by atoms with E-state index in [9.17, 15) is 0 Å². The highest BCUT2D eigenvalue weighted by molar-refractivity contribution is 9.10. The monoisotopic (exact) mass is 299 g/mol. The average Bonchev–Trinajstić information content (AvgIpc) is 2.84. The summed E-state index contributed by atoms with van der Waals surface area (Å²) in [6.07, 6.45) is -0.224. The van der Waals surface area contributed by atoms with Gasteiger partial charge in [-0.2, -0.15) is 0 Å². The average molecular weight is 300 g/mol. The van der Waals surface area contributed by atoms with Gasteiger partial charge in [-0.15, -0.1) is 10.2 Å². The molecule has 2 aromatic heterocycles. The van der Waals surface area contributed by atoms with Gasteiger partial charge in [0, 0.05) is 13.1 Å². The van der Waals surface area contributed by atoms with Crippen molar-refractivity contribution in [3.8, 4) is 11.7 Å². The minimum atomic E-state index is -0.224. The van der Waals surface area contributed by atoms with E-state index < -0.39 is 0 Å². The zero-order chi connectivity index (χ0) is 11.8. The van der Waals surface area contributed by atoms with Gasteiger partial charge in [0.1, 0.15) is 0 Å². The third kappa shape index (κ3) is 2.26. The number of aromatic nitrogens is 2. The number of furan rings is 1. The van der Waals surface area contributed by atoms with Crippen molar-refractivity contribution < 1.29 is 13.9 Å². The van der Waals surface area contributed by atoms with Gasteiger partial charge in [-0.3, -0.25) is 4.90 Å². The molecule has 0 aliphatic carbocycles. The van der Waals surface area contributed by atoms with Crippen molar-refractivity contribution in [2.24, 2.45) is 0 Å². The van der Waals surface area contributed by atoms with Crippen LogP contribution in [0.3, 0.4) is 0 Å². The normalized spacial score (nSPS) is 17.3. The summed E-state index contributed by atoms with van der Waals surface area (Å²) in [5.41, 5.74) is 0. The molecule has 6 nitrogen and oxygen atoms in total. The van der Waals surface area contributed by atoms with Crippen molar-refractivity contribution in [1.82, 2.24) is 15.1 Å². The Hall–Kier alpha value is -1.18. The van der Waals surface area contributed by atoms with Gasteiger partial charge in [-0.25, -0.2) is 0 Å². The molecule has 1 fully saturated rings. The molecule has 1 aliphatic rings. The summed E-state index contributed by atoms with van der Waals surface area (Å²) < 4.78 is 11.4. The first-order valence-corrected chi connectivity index (χ1v) is 5.98. The van der Waals surface area contributed by atoms with Crippen molar-refractivity contribution in [3.05, 3.63) is 22.7 Å². The molecule has 0 spiro atoms. The molecule has 0 aromatic carbocycles. The van der Waals surface area contributed by atoms with Gasteiger partial charge in [0.2, 0.25) is 5.89 Å². The molecule has 90 valence electrons. The smallest absolute Gasteiger partial charge is 0.283 e. The molecule has 2 aromatic rings. The second-order valence-electron chi connectivity index (χ2n) is 3.95. The molecular weight excluding hydrogens is 290 g/mol. The topological polar surface area (TPSA) is 75.5 Å². The SMILES string of the molecule is OC1CN(Cc2nnc(-c3ccc(Br)o3)o2)C1. The number of hydrogen-bond acceptors (Lipinski definition) is 6. The van der Waals surface area contributed by atoms with Gasteiger partial charge in [0.25, 0.3) is 5.89 Å². The Balaban J connectivity index is 1.70. The summed E-state index contributed by atoms with van der Waals surface area (Å²) in [6, 6.07) is 3.53. The first kappa shape index (κ1) is 10.9. The predicted octanol–water partition coefficient (Wildman–Crippen LogP) is 1.27. The number of aliphatic hydroxyl groups excluding tert-OH is 1. The van der Waals surface area contributed by atoms with E-state index in [-0.39, 0.29) is 6.10 Å². The predicted molar refractivity (Wildman–Crippen MR) is 61.0 cm³/mol. The number of rotatable bonds is 3. The van der Waals surface area contributed by atoms with E-state index in [2.05, 4.69) is 26.1 Å². The molecule has 3 rings (SSSR count). The van der Waals surface area contributed by atoms with Gasteiger partial charge >= 0.3 is 0 Å². The van der Waals surface area contributed by atoms with Gasteiger partial charge in [0.05, 0.1) is 12.6 Å². The maximum Gasteiger partial charge on any atom is 0.283 e. The summed E-state index contributed by atoms with van der Waals surface area (Å²) >= 11 is 3.21. The Morgan fingerprint density at radius 3 is 2.82 bits per heavy atom. The van der Waals surface area contributed by atoms with E-state index >= 15 is 0 Å². The summed E-state index contributed by atoms with van der Waals surface area (Å²) in [7, 11) is 0. The van der Waals surface area contributed by atoms with Gasteiger partial charge in [-0.1, -0.05) is 0 Å². The Kier molecular flexibility index (Phi) is 2.73. The lowest BCUT2D eigenvalue weighted by Gasteiger charge is -2.34. The Morgan fingerprint density at radius 1 is 1.35 bits per heavy atom. The molecule has 7 heteroatoms. The molecule has 1 aliphatic heterocycles. The van der Waals surface area contributed by atoms with Crippen LogP contribution in [-0.4, -0.2) is 39.4 Å². The fourth-order valence-corrected chi connectivity index (χ4v) is 2.02. The van der Waals surface area contributed by atoms with Gasteiger partial charge < -0.3 is 13.9 Å². The second kappa shape index (κ2) is 4.25. The molecule has 0 bridgehead atoms. The van der Waals surface area contributed by atoms with Crippen LogP contribution in [0, 0.1) is 0 Å². The van der Waals surface area contributed by atoms with E-state index in [1.807, 2.05) is 4.90 Å². The van der Waals surface area contributed by atoms with E-state index in [0.29, 0.717) is 41.8 Å². The molecular formula is C10H10BrN3O3. The first-order chi connectivity index (χ1) is 8.20. The van der Waals surface area contributed by atoms with Crippen LogP contribution in [0.1, 0.15) is 5.89 Å². The number of halogens is 1. The van der Waals surface area contributed by atoms with Gasteiger partial charge in [-0.05, 0) is 28.1 Å². The Bertz CT molecular complexity index is 518.